The van der Waals surface area contributed by atoms with Crippen molar-refractivity contribution in [3.05, 3.63) is 58.7 Å². The number of rotatable bonds is 2. The van der Waals surface area contributed by atoms with E-state index in [1.807, 2.05) is 30.3 Å². The first-order chi connectivity index (χ1) is 9.56. The summed E-state index contributed by atoms with van der Waals surface area (Å²) in [6, 6.07) is 15.7. The Labute approximate surface area is 124 Å². The second-order valence-electron chi connectivity index (χ2n) is 4.67. The molecule has 0 radical (unpaired) electrons. The van der Waals surface area contributed by atoms with Crippen LogP contribution in [-0.2, 0) is 7.05 Å². The summed E-state index contributed by atoms with van der Waals surface area (Å²) in [7, 11) is 1.77. The summed E-state index contributed by atoms with van der Waals surface area (Å²) in [5, 5.41) is 11.4. The number of aromatic nitrogens is 1. The fraction of sp³-hybridized carbons (Fsp3) is 0.0625. The van der Waals surface area contributed by atoms with Crippen LogP contribution < -0.4 is 0 Å². The monoisotopic (exact) mass is 329 g/mol. The van der Waals surface area contributed by atoms with Crippen LogP contribution in [-0.4, -0.2) is 15.6 Å². The molecule has 0 amide bonds. The SMILES string of the molecule is Cn1c(C(=O)O)ccc1-c1ccc2cc(Br)ccc2c1. The van der Waals surface area contributed by atoms with Crippen molar-refractivity contribution in [1.82, 2.24) is 4.57 Å². The normalized spacial score (nSPS) is 10.9. The van der Waals surface area contributed by atoms with Gasteiger partial charge < -0.3 is 9.67 Å². The summed E-state index contributed by atoms with van der Waals surface area (Å²) in [5.41, 5.74) is 2.19. The first-order valence-corrected chi connectivity index (χ1v) is 6.94. The van der Waals surface area contributed by atoms with Crippen LogP contribution in [0.1, 0.15) is 10.5 Å². The topological polar surface area (TPSA) is 42.2 Å². The van der Waals surface area contributed by atoms with Crippen molar-refractivity contribution in [1.29, 1.82) is 0 Å². The third kappa shape index (κ3) is 2.12. The third-order valence-corrected chi connectivity index (χ3v) is 3.93. The van der Waals surface area contributed by atoms with Crippen LogP contribution in [0, 0.1) is 0 Å². The van der Waals surface area contributed by atoms with Crippen molar-refractivity contribution >= 4 is 32.7 Å². The Hall–Kier alpha value is -2.07. The molecule has 100 valence electrons. The van der Waals surface area contributed by atoms with Gasteiger partial charge in [0.05, 0.1) is 0 Å². The Kier molecular flexibility index (Phi) is 3.10. The Morgan fingerprint density at radius 3 is 2.45 bits per heavy atom. The molecule has 1 aromatic heterocycles. The number of fused-ring (bicyclic) bond motifs is 1. The molecule has 3 rings (SSSR count). The molecule has 0 unspecified atom stereocenters. The van der Waals surface area contributed by atoms with E-state index in [0.29, 0.717) is 0 Å². The van der Waals surface area contributed by atoms with E-state index in [0.717, 1.165) is 26.5 Å². The molecule has 0 saturated heterocycles. The first kappa shape index (κ1) is 12.9. The molecule has 20 heavy (non-hydrogen) atoms. The van der Waals surface area contributed by atoms with Gasteiger partial charge in [-0.1, -0.05) is 34.1 Å². The van der Waals surface area contributed by atoms with Crippen molar-refractivity contribution in [2.24, 2.45) is 7.05 Å². The molecule has 0 atom stereocenters. The van der Waals surface area contributed by atoms with Gasteiger partial charge in [0.1, 0.15) is 5.69 Å². The average molecular weight is 330 g/mol. The quantitative estimate of drug-likeness (QED) is 0.761. The second kappa shape index (κ2) is 4.80. The van der Waals surface area contributed by atoms with E-state index in [-0.39, 0.29) is 5.69 Å². The molecule has 3 aromatic rings. The summed E-state index contributed by atoms with van der Waals surface area (Å²) in [4.78, 5) is 11.1. The molecular weight excluding hydrogens is 318 g/mol. The molecule has 3 nitrogen and oxygen atoms in total. The molecule has 0 fully saturated rings. The predicted octanol–water partition coefficient (Wildman–Crippen LogP) is 4.31. The third-order valence-electron chi connectivity index (χ3n) is 3.44. The number of hydrogen-bond acceptors (Lipinski definition) is 1. The van der Waals surface area contributed by atoms with Crippen molar-refractivity contribution in [3.8, 4) is 11.3 Å². The van der Waals surface area contributed by atoms with Gasteiger partial charge in [-0.2, -0.15) is 0 Å². The van der Waals surface area contributed by atoms with E-state index in [4.69, 9.17) is 5.11 Å². The van der Waals surface area contributed by atoms with Gasteiger partial charge in [0.15, 0.2) is 0 Å². The molecule has 0 aliphatic rings. The van der Waals surface area contributed by atoms with E-state index in [2.05, 4.69) is 28.1 Å². The van der Waals surface area contributed by atoms with Gasteiger partial charge in [-0.3, -0.25) is 0 Å². The number of carboxylic acid groups (broad SMARTS) is 1. The zero-order valence-electron chi connectivity index (χ0n) is 10.8. The summed E-state index contributed by atoms with van der Waals surface area (Å²) in [5.74, 6) is -0.913. The van der Waals surface area contributed by atoms with Gasteiger partial charge in [-0.15, -0.1) is 0 Å². The summed E-state index contributed by atoms with van der Waals surface area (Å²) in [6.45, 7) is 0. The molecule has 4 heteroatoms. The van der Waals surface area contributed by atoms with Crippen LogP contribution in [0.2, 0.25) is 0 Å². The van der Waals surface area contributed by atoms with Crippen LogP contribution >= 0.6 is 15.9 Å². The van der Waals surface area contributed by atoms with Gasteiger partial charge >= 0.3 is 5.97 Å². The van der Waals surface area contributed by atoms with Crippen LogP contribution in [0.4, 0.5) is 0 Å². The maximum absolute atomic E-state index is 11.1. The molecule has 0 saturated carbocycles. The van der Waals surface area contributed by atoms with Crippen molar-refractivity contribution in [2.75, 3.05) is 0 Å². The van der Waals surface area contributed by atoms with E-state index >= 15 is 0 Å². The largest absolute Gasteiger partial charge is 0.477 e. The highest BCUT2D eigenvalue weighted by Gasteiger charge is 2.12. The maximum atomic E-state index is 11.1. The summed E-state index contributed by atoms with van der Waals surface area (Å²) in [6.07, 6.45) is 0. The lowest BCUT2D eigenvalue weighted by atomic mass is 10.1. The Balaban J connectivity index is 2.15. The van der Waals surface area contributed by atoms with Gasteiger partial charge in [0.2, 0.25) is 0 Å². The number of hydrogen-bond donors (Lipinski definition) is 1. The lowest BCUT2D eigenvalue weighted by molar-refractivity contribution is 0.0687. The summed E-state index contributed by atoms with van der Waals surface area (Å²) < 4.78 is 2.74. The molecule has 1 N–H and O–H groups in total. The molecule has 0 spiro atoms. The Bertz CT molecular complexity index is 820. The summed E-state index contributed by atoms with van der Waals surface area (Å²) >= 11 is 3.46. The second-order valence-corrected chi connectivity index (χ2v) is 5.59. The van der Waals surface area contributed by atoms with Crippen molar-refractivity contribution in [2.45, 2.75) is 0 Å². The zero-order valence-corrected chi connectivity index (χ0v) is 12.4. The average Bonchev–Trinajstić information content (AvgIpc) is 2.80. The standard InChI is InChI=1S/C16H12BrNO2/c1-18-14(6-7-15(18)16(19)20)12-3-2-11-9-13(17)5-4-10(11)8-12/h2-9H,1H3,(H,19,20). The minimum Gasteiger partial charge on any atom is -0.477 e. The van der Waals surface area contributed by atoms with E-state index in [1.54, 1.807) is 17.7 Å². The van der Waals surface area contributed by atoms with E-state index < -0.39 is 5.97 Å². The van der Waals surface area contributed by atoms with Crippen molar-refractivity contribution < 1.29 is 9.90 Å². The minimum atomic E-state index is -0.913. The number of carbonyl (C=O) groups is 1. The van der Waals surface area contributed by atoms with Crippen LogP contribution in [0.15, 0.2) is 53.0 Å². The lowest BCUT2D eigenvalue weighted by Gasteiger charge is -2.07. The fourth-order valence-corrected chi connectivity index (χ4v) is 2.77. The van der Waals surface area contributed by atoms with Gasteiger partial charge in [-0.25, -0.2) is 4.79 Å². The number of aromatic carboxylic acids is 1. The number of halogens is 1. The highest BCUT2D eigenvalue weighted by atomic mass is 79.9. The molecule has 0 bridgehead atoms. The maximum Gasteiger partial charge on any atom is 0.352 e. The highest BCUT2D eigenvalue weighted by Crippen LogP contribution is 2.27. The molecule has 1 heterocycles. The highest BCUT2D eigenvalue weighted by molar-refractivity contribution is 9.10. The number of carboxylic acids is 1. The molecular formula is C16H12BrNO2. The Morgan fingerprint density at radius 1 is 1.05 bits per heavy atom. The zero-order chi connectivity index (χ0) is 14.3. The van der Waals surface area contributed by atoms with Crippen LogP contribution in [0.25, 0.3) is 22.0 Å². The van der Waals surface area contributed by atoms with Gasteiger partial charge in [0.25, 0.3) is 0 Å². The van der Waals surface area contributed by atoms with Gasteiger partial charge in [0, 0.05) is 17.2 Å². The molecule has 0 aliphatic carbocycles. The number of nitrogens with zero attached hydrogens (tertiary/aromatic N) is 1. The van der Waals surface area contributed by atoms with E-state index in [1.165, 1.54) is 0 Å². The van der Waals surface area contributed by atoms with Crippen molar-refractivity contribution in [3.63, 3.8) is 0 Å². The van der Waals surface area contributed by atoms with Crippen LogP contribution in [0.5, 0.6) is 0 Å². The number of benzene rings is 2. The minimum absolute atomic E-state index is 0.288. The van der Waals surface area contributed by atoms with E-state index in [9.17, 15) is 4.79 Å². The fourth-order valence-electron chi connectivity index (χ4n) is 2.39. The molecule has 0 aliphatic heterocycles. The van der Waals surface area contributed by atoms with Gasteiger partial charge in [-0.05, 0) is 46.7 Å². The van der Waals surface area contributed by atoms with Crippen LogP contribution in [0.3, 0.4) is 0 Å². The predicted molar refractivity (Wildman–Crippen MR) is 83.0 cm³/mol. The molecule has 2 aromatic carbocycles. The lowest BCUT2D eigenvalue weighted by Crippen LogP contribution is -2.04. The Morgan fingerprint density at radius 2 is 1.75 bits per heavy atom. The smallest absolute Gasteiger partial charge is 0.352 e. The first-order valence-electron chi connectivity index (χ1n) is 6.15.